The monoisotopic (exact) mass is 255 g/mol. The first-order chi connectivity index (χ1) is 7.97. The van der Waals surface area contributed by atoms with E-state index in [1.165, 1.54) is 0 Å². The van der Waals surface area contributed by atoms with Gasteiger partial charge in [0.05, 0.1) is 10.6 Å². The van der Waals surface area contributed by atoms with Crippen LogP contribution in [-0.2, 0) is 9.84 Å². The predicted octanol–water partition coefficient (Wildman–Crippen LogP) is 2.21. The van der Waals surface area contributed by atoms with E-state index in [0.29, 0.717) is 17.9 Å². The number of benzene rings is 1. The molecule has 4 heteroatoms. The van der Waals surface area contributed by atoms with Crippen molar-refractivity contribution in [2.24, 2.45) is 5.73 Å². The average molecular weight is 255 g/mol. The van der Waals surface area contributed by atoms with Gasteiger partial charge in [-0.15, -0.1) is 0 Å². The fourth-order valence-electron chi connectivity index (χ4n) is 1.64. The fraction of sp³-hybridized carbons (Fsp3) is 0.538. The van der Waals surface area contributed by atoms with Gasteiger partial charge in [0.2, 0.25) is 0 Å². The zero-order valence-electron chi connectivity index (χ0n) is 10.6. The van der Waals surface area contributed by atoms with E-state index >= 15 is 0 Å². The summed E-state index contributed by atoms with van der Waals surface area (Å²) in [5, 5.41) is 0. The fourth-order valence-corrected chi connectivity index (χ4v) is 3.09. The minimum Gasteiger partial charge on any atom is -0.330 e. The van der Waals surface area contributed by atoms with E-state index in [0.717, 1.165) is 24.0 Å². The molecule has 17 heavy (non-hydrogen) atoms. The number of unbranched alkanes of at least 4 members (excludes halogenated alkanes) is 2. The first-order valence-corrected chi connectivity index (χ1v) is 7.62. The van der Waals surface area contributed by atoms with Crippen molar-refractivity contribution in [3.8, 4) is 0 Å². The molecule has 96 valence electrons. The lowest BCUT2D eigenvalue weighted by Gasteiger charge is -2.07. The van der Waals surface area contributed by atoms with Gasteiger partial charge in [0.25, 0.3) is 0 Å². The molecule has 0 atom stereocenters. The van der Waals surface area contributed by atoms with Crippen LogP contribution in [0.5, 0.6) is 0 Å². The Balaban J connectivity index is 2.72. The summed E-state index contributed by atoms with van der Waals surface area (Å²) in [5.74, 6) is 0.218. The number of sulfone groups is 1. The third-order valence-corrected chi connectivity index (χ3v) is 4.75. The summed E-state index contributed by atoms with van der Waals surface area (Å²) in [5.41, 5.74) is 7.52. The molecule has 1 aromatic rings. The number of nitrogens with two attached hydrogens (primary N) is 1. The third kappa shape index (κ3) is 4.13. The SMILES string of the molecule is Cc1ccc(S(=O)(=O)CCCCCN)cc1C. The van der Waals surface area contributed by atoms with Gasteiger partial charge in [-0.3, -0.25) is 0 Å². The maximum Gasteiger partial charge on any atom is 0.178 e. The van der Waals surface area contributed by atoms with Crippen LogP contribution in [0, 0.1) is 13.8 Å². The summed E-state index contributed by atoms with van der Waals surface area (Å²) < 4.78 is 24.1. The molecule has 0 fully saturated rings. The standard InChI is InChI=1S/C13H21NO2S/c1-11-6-7-13(10-12(11)2)17(15,16)9-5-3-4-8-14/h6-7,10H,3-5,8-9,14H2,1-2H3. The Hall–Kier alpha value is -0.870. The lowest BCUT2D eigenvalue weighted by atomic mass is 10.1. The Morgan fingerprint density at radius 1 is 1.06 bits per heavy atom. The van der Waals surface area contributed by atoms with Crippen LogP contribution in [0.2, 0.25) is 0 Å². The highest BCUT2D eigenvalue weighted by atomic mass is 32.2. The molecule has 0 aromatic heterocycles. The molecule has 0 saturated carbocycles. The molecule has 0 radical (unpaired) electrons. The van der Waals surface area contributed by atoms with Crippen LogP contribution in [-0.4, -0.2) is 20.7 Å². The van der Waals surface area contributed by atoms with Crippen molar-refractivity contribution in [2.75, 3.05) is 12.3 Å². The van der Waals surface area contributed by atoms with Crippen molar-refractivity contribution >= 4 is 9.84 Å². The van der Waals surface area contributed by atoms with Crippen LogP contribution < -0.4 is 5.73 Å². The highest BCUT2D eigenvalue weighted by molar-refractivity contribution is 7.91. The second-order valence-corrected chi connectivity index (χ2v) is 6.52. The minimum atomic E-state index is -3.12. The van der Waals surface area contributed by atoms with Gasteiger partial charge in [0.1, 0.15) is 0 Å². The van der Waals surface area contributed by atoms with Gasteiger partial charge in [-0.2, -0.15) is 0 Å². The van der Waals surface area contributed by atoms with Gasteiger partial charge < -0.3 is 5.73 Å². The largest absolute Gasteiger partial charge is 0.330 e. The van der Waals surface area contributed by atoms with Crippen molar-refractivity contribution in [1.29, 1.82) is 0 Å². The highest BCUT2D eigenvalue weighted by Gasteiger charge is 2.14. The topological polar surface area (TPSA) is 60.2 Å². The molecule has 0 aliphatic rings. The smallest absolute Gasteiger partial charge is 0.178 e. The molecule has 0 heterocycles. The van der Waals surface area contributed by atoms with Gasteiger partial charge in [-0.05, 0) is 56.5 Å². The molecule has 0 spiro atoms. The van der Waals surface area contributed by atoms with Crippen molar-refractivity contribution in [3.63, 3.8) is 0 Å². The predicted molar refractivity (Wildman–Crippen MR) is 70.9 cm³/mol. The summed E-state index contributed by atoms with van der Waals surface area (Å²) in [6.45, 7) is 4.54. The zero-order valence-corrected chi connectivity index (χ0v) is 11.4. The maximum absolute atomic E-state index is 12.0. The van der Waals surface area contributed by atoms with Crippen LogP contribution >= 0.6 is 0 Å². The Labute approximate surface area is 104 Å². The molecule has 3 nitrogen and oxygen atoms in total. The molecule has 0 aliphatic heterocycles. The number of rotatable bonds is 6. The molecule has 1 rings (SSSR count). The third-order valence-electron chi connectivity index (χ3n) is 2.95. The van der Waals surface area contributed by atoms with E-state index in [1.54, 1.807) is 12.1 Å². The maximum atomic E-state index is 12.0. The molecule has 0 bridgehead atoms. The minimum absolute atomic E-state index is 0.218. The number of aryl methyl sites for hydroxylation is 2. The molecule has 0 unspecified atom stereocenters. The van der Waals surface area contributed by atoms with Crippen LogP contribution in [0.25, 0.3) is 0 Å². The van der Waals surface area contributed by atoms with E-state index in [9.17, 15) is 8.42 Å². The highest BCUT2D eigenvalue weighted by Crippen LogP contribution is 2.17. The molecular weight excluding hydrogens is 234 g/mol. The molecular formula is C13H21NO2S. The van der Waals surface area contributed by atoms with Crippen LogP contribution in [0.3, 0.4) is 0 Å². The van der Waals surface area contributed by atoms with E-state index < -0.39 is 9.84 Å². The van der Waals surface area contributed by atoms with Gasteiger partial charge >= 0.3 is 0 Å². The van der Waals surface area contributed by atoms with Crippen molar-refractivity contribution in [2.45, 2.75) is 38.0 Å². The Morgan fingerprint density at radius 3 is 2.35 bits per heavy atom. The Kier molecular flexibility index (Phi) is 5.15. The summed E-state index contributed by atoms with van der Waals surface area (Å²) in [4.78, 5) is 0.438. The van der Waals surface area contributed by atoms with Crippen LogP contribution in [0.15, 0.2) is 23.1 Å². The number of hydrogen-bond acceptors (Lipinski definition) is 3. The van der Waals surface area contributed by atoms with E-state index in [4.69, 9.17) is 5.73 Å². The van der Waals surface area contributed by atoms with Crippen molar-refractivity contribution < 1.29 is 8.42 Å². The summed E-state index contributed by atoms with van der Waals surface area (Å²) in [6.07, 6.45) is 2.45. The molecule has 2 N–H and O–H groups in total. The van der Waals surface area contributed by atoms with E-state index in [1.807, 2.05) is 19.9 Å². The quantitative estimate of drug-likeness (QED) is 0.793. The molecule has 0 saturated heterocycles. The van der Waals surface area contributed by atoms with Gasteiger partial charge in [0.15, 0.2) is 9.84 Å². The summed E-state index contributed by atoms with van der Waals surface area (Å²) in [6, 6.07) is 5.32. The Morgan fingerprint density at radius 2 is 1.76 bits per heavy atom. The van der Waals surface area contributed by atoms with E-state index in [2.05, 4.69) is 0 Å². The lowest BCUT2D eigenvalue weighted by Crippen LogP contribution is -2.08. The van der Waals surface area contributed by atoms with Crippen molar-refractivity contribution in [3.05, 3.63) is 29.3 Å². The first-order valence-electron chi connectivity index (χ1n) is 5.97. The van der Waals surface area contributed by atoms with Gasteiger partial charge in [0, 0.05) is 0 Å². The van der Waals surface area contributed by atoms with Gasteiger partial charge in [-0.25, -0.2) is 8.42 Å². The zero-order chi connectivity index (χ0) is 12.9. The molecule has 0 amide bonds. The van der Waals surface area contributed by atoms with Crippen LogP contribution in [0.4, 0.5) is 0 Å². The second kappa shape index (κ2) is 6.17. The van der Waals surface area contributed by atoms with Crippen LogP contribution in [0.1, 0.15) is 30.4 Å². The lowest BCUT2D eigenvalue weighted by molar-refractivity contribution is 0.590. The van der Waals surface area contributed by atoms with Crippen molar-refractivity contribution in [1.82, 2.24) is 0 Å². The summed E-state index contributed by atoms with van der Waals surface area (Å²) in [7, 11) is -3.12. The average Bonchev–Trinajstić information content (AvgIpc) is 2.28. The molecule has 1 aromatic carbocycles. The summed E-state index contributed by atoms with van der Waals surface area (Å²) >= 11 is 0. The Bertz CT molecular complexity index is 466. The first kappa shape index (κ1) is 14.2. The molecule has 0 aliphatic carbocycles. The van der Waals surface area contributed by atoms with Gasteiger partial charge in [-0.1, -0.05) is 12.5 Å². The second-order valence-electron chi connectivity index (χ2n) is 4.41. The number of hydrogen-bond donors (Lipinski definition) is 1. The van der Waals surface area contributed by atoms with E-state index in [-0.39, 0.29) is 5.75 Å². The normalized spacial score (nSPS) is 11.7.